The molecule has 25 heavy (non-hydrogen) atoms. The van der Waals surface area contributed by atoms with Gasteiger partial charge >= 0.3 is 0 Å². The van der Waals surface area contributed by atoms with Crippen molar-refractivity contribution >= 4 is 17.3 Å². The summed E-state index contributed by atoms with van der Waals surface area (Å²) in [7, 11) is 1.68. The van der Waals surface area contributed by atoms with Crippen molar-refractivity contribution in [2.45, 2.75) is 20.3 Å². The van der Waals surface area contributed by atoms with Gasteiger partial charge in [0, 0.05) is 24.9 Å². The van der Waals surface area contributed by atoms with Crippen LogP contribution in [0.3, 0.4) is 0 Å². The maximum Gasteiger partial charge on any atom is 0.275 e. The molecule has 0 unspecified atom stereocenters. The lowest BCUT2D eigenvalue weighted by atomic mass is 10.1. The average molecular weight is 354 g/mol. The van der Waals surface area contributed by atoms with E-state index in [1.54, 1.807) is 20.9 Å². The molecule has 1 heterocycles. The number of nitro benzene ring substituents is 1. The summed E-state index contributed by atoms with van der Waals surface area (Å²) in [6, 6.07) is 3.38. The summed E-state index contributed by atoms with van der Waals surface area (Å²) >= 11 is 0. The van der Waals surface area contributed by atoms with E-state index in [0.29, 0.717) is 17.0 Å². The number of carbonyl (C=O) groups is 1. The van der Waals surface area contributed by atoms with Crippen LogP contribution in [0.2, 0.25) is 0 Å². The molecule has 8 nitrogen and oxygen atoms in total. The molecule has 0 fully saturated rings. The quantitative estimate of drug-likeness (QED) is 0.635. The van der Waals surface area contributed by atoms with Crippen LogP contribution in [0.15, 0.2) is 18.2 Å². The number of nitro groups is 1. The Morgan fingerprint density at radius 3 is 2.60 bits per heavy atom. The van der Waals surface area contributed by atoms with E-state index in [1.807, 2.05) is 0 Å². The number of halogens is 2. The Labute approximate surface area is 141 Å². The van der Waals surface area contributed by atoms with Gasteiger partial charge in [0.1, 0.15) is 12.4 Å². The number of aromatic nitrogens is 2. The number of benzene rings is 1. The number of nitrogens with zero attached hydrogens (tertiary/aromatic N) is 3. The van der Waals surface area contributed by atoms with Gasteiger partial charge in [0.15, 0.2) is 0 Å². The molecule has 0 aliphatic heterocycles. The Morgan fingerprint density at radius 2 is 2.08 bits per heavy atom. The number of anilines is 1. The monoisotopic (exact) mass is 354 g/mol. The number of rotatable bonds is 6. The first-order valence-electron chi connectivity index (χ1n) is 7.21. The Hall–Kier alpha value is -3.04. The molecular formula is C15H16F2N4O4. The van der Waals surface area contributed by atoms with Gasteiger partial charge in [0.2, 0.25) is 0 Å². The standard InChI is InChI=1S/C15H16F2N4O4/c1-8-14(9(2)20(3)19-8)15(22)18-10-4-11(21(23)24)6-12(5-10)25-7-13(16)17/h4-6,13H,7H2,1-3H3,(H,18,22). The highest BCUT2D eigenvalue weighted by atomic mass is 19.3. The number of nitrogens with one attached hydrogen (secondary N) is 1. The summed E-state index contributed by atoms with van der Waals surface area (Å²) in [4.78, 5) is 22.7. The van der Waals surface area contributed by atoms with Crippen LogP contribution in [0.4, 0.5) is 20.2 Å². The van der Waals surface area contributed by atoms with Crippen LogP contribution < -0.4 is 10.1 Å². The summed E-state index contributed by atoms with van der Waals surface area (Å²) in [5, 5.41) is 17.6. The smallest absolute Gasteiger partial charge is 0.275 e. The van der Waals surface area contributed by atoms with E-state index < -0.39 is 23.9 Å². The second-order valence-electron chi connectivity index (χ2n) is 5.30. The zero-order valence-corrected chi connectivity index (χ0v) is 13.7. The van der Waals surface area contributed by atoms with Crippen LogP contribution in [-0.4, -0.2) is 33.6 Å². The van der Waals surface area contributed by atoms with Gasteiger partial charge in [-0.1, -0.05) is 0 Å². The highest BCUT2D eigenvalue weighted by Gasteiger charge is 2.19. The molecule has 0 radical (unpaired) electrons. The Balaban J connectivity index is 2.31. The molecule has 0 saturated heterocycles. The summed E-state index contributed by atoms with van der Waals surface area (Å²) in [5.74, 6) is -0.646. The number of hydrogen-bond acceptors (Lipinski definition) is 5. The van der Waals surface area contributed by atoms with Gasteiger partial charge in [0.05, 0.1) is 27.9 Å². The minimum absolute atomic E-state index is 0.0612. The van der Waals surface area contributed by atoms with Crippen LogP contribution in [0.5, 0.6) is 5.75 Å². The number of carbonyl (C=O) groups excluding carboxylic acids is 1. The minimum Gasteiger partial charge on any atom is -0.487 e. The van der Waals surface area contributed by atoms with Crippen LogP contribution >= 0.6 is 0 Å². The third-order valence-corrected chi connectivity index (χ3v) is 3.47. The number of hydrogen-bond donors (Lipinski definition) is 1. The summed E-state index contributed by atoms with van der Waals surface area (Å²) < 4.78 is 30.9. The van der Waals surface area contributed by atoms with E-state index in [-0.39, 0.29) is 17.1 Å². The van der Waals surface area contributed by atoms with E-state index in [4.69, 9.17) is 4.74 Å². The fourth-order valence-electron chi connectivity index (χ4n) is 2.30. The van der Waals surface area contributed by atoms with Crippen LogP contribution in [-0.2, 0) is 7.05 Å². The fourth-order valence-corrected chi connectivity index (χ4v) is 2.30. The average Bonchev–Trinajstić information content (AvgIpc) is 2.77. The van der Waals surface area contributed by atoms with Gasteiger partial charge in [-0.3, -0.25) is 19.6 Å². The lowest BCUT2D eigenvalue weighted by Gasteiger charge is -2.09. The molecule has 1 aromatic carbocycles. The summed E-state index contributed by atoms with van der Waals surface area (Å²) in [6.45, 7) is 2.46. The van der Waals surface area contributed by atoms with Crippen molar-refractivity contribution in [1.82, 2.24) is 9.78 Å². The topological polar surface area (TPSA) is 99.3 Å². The number of alkyl halides is 2. The zero-order valence-electron chi connectivity index (χ0n) is 13.7. The Kier molecular flexibility index (Phi) is 5.30. The molecule has 0 aliphatic carbocycles. The molecule has 0 bridgehead atoms. The highest BCUT2D eigenvalue weighted by Crippen LogP contribution is 2.27. The van der Waals surface area contributed by atoms with Crippen LogP contribution in [0.25, 0.3) is 0 Å². The van der Waals surface area contributed by atoms with Gasteiger partial charge in [0.25, 0.3) is 18.0 Å². The predicted octanol–water partition coefficient (Wildman–Crippen LogP) is 2.84. The fraction of sp³-hybridized carbons (Fsp3) is 0.333. The lowest BCUT2D eigenvalue weighted by molar-refractivity contribution is -0.384. The van der Waals surface area contributed by atoms with Gasteiger partial charge in [-0.05, 0) is 13.8 Å². The Morgan fingerprint density at radius 1 is 1.40 bits per heavy atom. The van der Waals surface area contributed by atoms with Gasteiger partial charge < -0.3 is 10.1 Å². The minimum atomic E-state index is -2.72. The molecule has 134 valence electrons. The van der Waals surface area contributed by atoms with Crippen molar-refractivity contribution in [2.75, 3.05) is 11.9 Å². The molecule has 0 aliphatic rings. The molecule has 1 aromatic heterocycles. The van der Waals surface area contributed by atoms with Crippen molar-refractivity contribution in [3.05, 3.63) is 45.3 Å². The maximum absolute atomic E-state index is 12.4. The van der Waals surface area contributed by atoms with E-state index in [2.05, 4.69) is 10.4 Å². The number of non-ortho nitro benzene ring substituents is 1. The molecule has 0 spiro atoms. The first-order chi connectivity index (χ1) is 11.7. The first kappa shape index (κ1) is 18.3. The summed E-state index contributed by atoms with van der Waals surface area (Å²) in [6.07, 6.45) is -2.72. The second kappa shape index (κ2) is 7.24. The molecule has 2 aromatic rings. The third kappa shape index (κ3) is 4.28. The maximum atomic E-state index is 12.4. The lowest BCUT2D eigenvalue weighted by Crippen LogP contribution is -2.14. The molecule has 2 rings (SSSR count). The number of aryl methyl sites for hydroxylation is 2. The summed E-state index contributed by atoms with van der Waals surface area (Å²) in [5.41, 5.74) is 1.13. The predicted molar refractivity (Wildman–Crippen MR) is 85.2 cm³/mol. The largest absolute Gasteiger partial charge is 0.487 e. The van der Waals surface area contributed by atoms with E-state index in [0.717, 1.165) is 12.1 Å². The SMILES string of the molecule is Cc1nn(C)c(C)c1C(=O)Nc1cc(OCC(F)F)cc([N+](=O)[O-])c1. The molecular weight excluding hydrogens is 338 g/mol. The number of ether oxygens (including phenoxy) is 1. The van der Waals surface area contributed by atoms with Crippen LogP contribution in [0, 0.1) is 24.0 Å². The van der Waals surface area contributed by atoms with Crippen molar-refractivity contribution in [1.29, 1.82) is 0 Å². The molecule has 0 saturated carbocycles. The number of amides is 1. The molecule has 0 atom stereocenters. The normalized spacial score (nSPS) is 10.8. The van der Waals surface area contributed by atoms with Crippen molar-refractivity contribution in [3.63, 3.8) is 0 Å². The third-order valence-electron chi connectivity index (χ3n) is 3.47. The van der Waals surface area contributed by atoms with Crippen LogP contribution in [0.1, 0.15) is 21.7 Å². The highest BCUT2D eigenvalue weighted by molar-refractivity contribution is 6.06. The molecule has 1 N–H and O–H groups in total. The van der Waals surface area contributed by atoms with Gasteiger partial charge in [-0.25, -0.2) is 8.78 Å². The van der Waals surface area contributed by atoms with Crippen molar-refractivity contribution in [2.24, 2.45) is 7.05 Å². The van der Waals surface area contributed by atoms with Crippen molar-refractivity contribution in [3.8, 4) is 5.75 Å². The first-order valence-corrected chi connectivity index (χ1v) is 7.21. The van der Waals surface area contributed by atoms with Gasteiger partial charge in [-0.2, -0.15) is 5.10 Å². The Bertz CT molecular complexity index is 820. The van der Waals surface area contributed by atoms with Crippen molar-refractivity contribution < 1.29 is 23.2 Å². The second-order valence-corrected chi connectivity index (χ2v) is 5.30. The van der Waals surface area contributed by atoms with E-state index in [9.17, 15) is 23.7 Å². The molecule has 10 heteroatoms. The van der Waals surface area contributed by atoms with E-state index in [1.165, 1.54) is 10.7 Å². The zero-order chi connectivity index (χ0) is 18.7. The van der Waals surface area contributed by atoms with Gasteiger partial charge in [-0.15, -0.1) is 0 Å². The van der Waals surface area contributed by atoms with E-state index >= 15 is 0 Å². The molecule has 1 amide bonds.